The maximum Gasteiger partial charge on any atom is 0.310 e. The number of benzene rings is 2. The van der Waals surface area contributed by atoms with E-state index in [1.54, 1.807) is 18.2 Å². The summed E-state index contributed by atoms with van der Waals surface area (Å²) in [5.41, 5.74) is 1.54. The molecule has 1 aliphatic carbocycles. The highest BCUT2D eigenvalue weighted by atomic mass is 35.5. The molecule has 1 unspecified atom stereocenters. The summed E-state index contributed by atoms with van der Waals surface area (Å²) in [7, 11) is -2.84. The van der Waals surface area contributed by atoms with E-state index in [0.29, 0.717) is 16.7 Å². The summed E-state index contributed by atoms with van der Waals surface area (Å²) >= 11 is 6.20. The van der Waals surface area contributed by atoms with Crippen LogP contribution in [0.4, 0.5) is 4.39 Å². The van der Waals surface area contributed by atoms with Crippen molar-refractivity contribution in [3.05, 3.63) is 63.9 Å². The number of carbonyl (C=O) groups is 2. The average Bonchev–Trinajstić information content (AvgIpc) is 3.05. The number of hydrogen-bond acceptors (Lipinski definition) is 5. The van der Waals surface area contributed by atoms with Crippen molar-refractivity contribution in [2.45, 2.75) is 23.8 Å². The Labute approximate surface area is 177 Å². The van der Waals surface area contributed by atoms with Crippen molar-refractivity contribution in [1.82, 2.24) is 4.72 Å². The molecule has 0 saturated heterocycles. The minimum Gasteiger partial charge on any atom is -0.495 e. The second kappa shape index (κ2) is 8.55. The number of nitrogens with one attached hydrogen (secondary N) is 1. The molecule has 0 amide bonds. The lowest BCUT2D eigenvalue weighted by molar-refractivity contribution is -0.140. The number of aliphatic carboxylic acids is 1. The molecular formula is C20H17ClFNO6S. The Balaban J connectivity index is 1.91. The highest BCUT2D eigenvalue weighted by Crippen LogP contribution is 2.36. The quantitative estimate of drug-likeness (QED) is 0.594. The van der Waals surface area contributed by atoms with Gasteiger partial charge in [0.1, 0.15) is 28.7 Å². The van der Waals surface area contributed by atoms with Crippen LogP contribution in [0.5, 0.6) is 5.75 Å². The van der Waals surface area contributed by atoms with Crippen LogP contribution in [0, 0.1) is 5.82 Å². The van der Waals surface area contributed by atoms with E-state index in [4.69, 9.17) is 21.4 Å². The number of carboxylic acids is 1. The van der Waals surface area contributed by atoms with E-state index >= 15 is 0 Å². The van der Waals surface area contributed by atoms with Crippen LogP contribution in [-0.4, -0.2) is 32.4 Å². The summed E-state index contributed by atoms with van der Waals surface area (Å²) < 4.78 is 46.6. The summed E-state index contributed by atoms with van der Waals surface area (Å²) in [4.78, 5) is 22.5. The van der Waals surface area contributed by atoms with E-state index in [0.717, 1.165) is 18.2 Å². The molecule has 2 aromatic carbocycles. The maximum absolute atomic E-state index is 13.4. The van der Waals surface area contributed by atoms with Crippen molar-refractivity contribution < 1.29 is 32.2 Å². The number of sulfonamides is 1. The lowest BCUT2D eigenvalue weighted by Crippen LogP contribution is -2.27. The Kier molecular flexibility index (Phi) is 6.25. The minimum absolute atomic E-state index is 0.138. The van der Waals surface area contributed by atoms with Gasteiger partial charge in [0.05, 0.1) is 13.2 Å². The lowest BCUT2D eigenvalue weighted by Gasteiger charge is -2.17. The zero-order chi connectivity index (χ0) is 22.1. The Morgan fingerprint density at radius 3 is 2.67 bits per heavy atom. The number of ketones is 1. The van der Waals surface area contributed by atoms with Crippen LogP contribution in [-0.2, 0) is 26.0 Å². The number of carbonyl (C=O) groups excluding carboxylic acids is 1. The van der Waals surface area contributed by atoms with Crippen LogP contribution in [0.15, 0.2) is 41.3 Å². The number of fused-ring (bicyclic) bond motifs is 1. The zero-order valence-corrected chi connectivity index (χ0v) is 17.3. The van der Waals surface area contributed by atoms with Gasteiger partial charge in [-0.05, 0) is 34.9 Å². The van der Waals surface area contributed by atoms with Gasteiger partial charge in [0, 0.05) is 17.5 Å². The molecule has 1 aliphatic rings. The van der Waals surface area contributed by atoms with Gasteiger partial charge < -0.3 is 9.84 Å². The van der Waals surface area contributed by atoms with Gasteiger partial charge in [0.2, 0.25) is 10.0 Å². The van der Waals surface area contributed by atoms with Crippen LogP contribution >= 0.6 is 11.6 Å². The first-order valence-electron chi connectivity index (χ1n) is 8.71. The van der Waals surface area contributed by atoms with Gasteiger partial charge in [-0.15, -0.1) is 0 Å². The third-order valence-corrected chi connectivity index (χ3v) is 6.38. The van der Waals surface area contributed by atoms with Crippen molar-refractivity contribution in [3.63, 3.8) is 0 Å². The highest BCUT2D eigenvalue weighted by Gasteiger charge is 2.28. The molecule has 0 aliphatic heterocycles. The number of carboxylic acid groups (broad SMARTS) is 1. The summed E-state index contributed by atoms with van der Waals surface area (Å²) in [5.74, 6) is -2.53. The van der Waals surface area contributed by atoms with Crippen molar-refractivity contribution in [3.8, 4) is 5.75 Å². The number of rotatable bonds is 8. The van der Waals surface area contributed by atoms with Crippen molar-refractivity contribution in [1.29, 1.82) is 0 Å². The van der Waals surface area contributed by atoms with Crippen LogP contribution in [0.1, 0.15) is 29.2 Å². The molecule has 0 saturated carbocycles. The lowest BCUT2D eigenvalue weighted by atomic mass is 9.97. The normalized spacial score (nSPS) is 15.1. The van der Waals surface area contributed by atoms with E-state index in [2.05, 4.69) is 4.72 Å². The molecule has 3 rings (SSSR count). The van der Waals surface area contributed by atoms with Gasteiger partial charge in [-0.2, -0.15) is 4.72 Å². The standard InChI is InChI=1S/C20H17ClFNO6S/c1-29-18-8-11(22)2-7-19(18)30(27,28)23-17-6-4-13-14(17)3-5-16(21)15(13)9-12(24)10-20(25)26/h2-8,17,23H,9-10H2,1H3,(H,25,26). The number of methoxy groups -OCH3 is 1. The van der Waals surface area contributed by atoms with E-state index in [1.165, 1.54) is 13.2 Å². The third kappa shape index (κ3) is 4.53. The Morgan fingerprint density at radius 1 is 1.27 bits per heavy atom. The first kappa shape index (κ1) is 21.9. The number of ether oxygens (including phenoxy) is 1. The molecule has 2 N–H and O–H groups in total. The zero-order valence-electron chi connectivity index (χ0n) is 15.7. The third-order valence-electron chi connectivity index (χ3n) is 4.54. The minimum atomic E-state index is -4.08. The van der Waals surface area contributed by atoms with E-state index in [1.807, 2.05) is 0 Å². The van der Waals surface area contributed by atoms with Gasteiger partial charge in [0.15, 0.2) is 0 Å². The van der Waals surface area contributed by atoms with Crippen molar-refractivity contribution in [2.75, 3.05) is 7.11 Å². The number of Topliss-reactive ketones (excluding diaryl/α,β-unsaturated/α-hetero) is 1. The van der Waals surface area contributed by atoms with E-state index < -0.39 is 40.1 Å². The van der Waals surface area contributed by atoms with Gasteiger partial charge >= 0.3 is 5.97 Å². The Bertz CT molecular complexity index is 1160. The molecule has 158 valence electrons. The first-order chi connectivity index (χ1) is 14.1. The summed E-state index contributed by atoms with van der Waals surface area (Å²) in [5, 5.41) is 9.06. The molecular weight excluding hydrogens is 437 g/mol. The predicted octanol–water partition coefficient (Wildman–Crippen LogP) is 3.12. The van der Waals surface area contributed by atoms with Crippen LogP contribution in [0.25, 0.3) is 6.08 Å². The predicted molar refractivity (Wildman–Crippen MR) is 107 cm³/mol. The molecule has 0 radical (unpaired) electrons. The molecule has 0 heterocycles. The Morgan fingerprint density at radius 2 is 2.00 bits per heavy atom. The molecule has 30 heavy (non-hydrogen) atoms. The molecule has 2 aromatic rings. The highest BCUT2D eigenvalue weighted by molar-refractivity contribution is 7.89. The van der Waals surface area contributed by atoms with E-state index in [9.17, 15) is 22.4 Å². The number of halogens is 2. The van der Waals surface area contributed by atoms with E-state index in [-0.39, 0.29) is 22.1 Å². The maximum atomic E-state index is 13.4. The molecule has 10 heteroatoms. The summed E-state index contributed by atoms with van der Waals surface area (Å²) in [6.45, 7) is 0. The van der Waals surface area contributed by atoms with Crippen molar-refractivity contribution in [2.24, 2.45) is 0 Å². The van der Waals surface area contributed by atoms with Crippen LogP contribution in [0.3, 0.4) is 0 Å². The second-order valence-corrected chi connectivity index (χ2v) is 8.66. The Hall–Kier alpha value is -2.75. The fourth-order valence-electron chi connectivity index (χ4n) is 3.23. The van der Waals surface area contributed by atoms with Gasteiger partial charge in [0.25, 0.3) is 0 Å². The van der Waals surface area contributed by atoms with Gasteiger partial charge in [-0.3, -0.25) is 9.59 Å². The molecule has 0 bridgehead atoms. The molecule has 0 aromatic heterocycles. The molecule has 0 spiro atoms. The second-order valence-electron chi connectivity index (χ2n) is 6.57. The fourth-order valence-corrected chi connectivity index (χ4v) is 4.78. The molecule has 0 fully saturated rings. The van der Waals surface area contributed by atoms with Gasteiger partial charge in [-0.1, -0.05) is 29.8 Å². The molecule has 7 nitrogen and oxygen atoms in total. The summed E-state index contributed by atoms with van der Waals surface area (Å²) in [6, 6.07) is 5.48. The molecule has 1 atom stereocenters. The largest absolute Gasteiger partial charge is 0.495 e. The average molecular weight is 454 g/mol. The van der Waals surface area contributed by atoms with Gasteiger partial charge in [-0.25, -0.2) is 12.8 Å². The van der Waals surface area contributed by atoms with Crippen LogP contribution < -0.4 is 9.46 Å². The topological polar surface area (TPSA) is 110 Å². The SMILES string of the molecule is COc1cc(F)ccc1S(=O)(=O)NC1C=Cc2c1ccc(Cl)c2CC(=O)CC(=O)O. The van der Waals surface area contributed by atoms with Crippen LogP contribution in [0.2, 0.25) is 5.02 Å². The fraction of sp³-hybridized carbons (Fsp3) is 0.200. The monoisotopic (exact) mass is 453 g/mol. The van der Waals surface area contributed by atoms with Crippen molar-refractivity contribution >= 4 is 39.5 Å². The first-order valence-corrected chi connectivity index (χ1v) is 10.6. The summed E-state index contributed by atoms with van der Waals surface area (Å²) in [6.07, 6.45) is 2.38. The number of hydrogen-bond donors (Lipinski definition) is 2. The smallest absolute Gasteiger partial charge is 0.310 e.